The smallest absolute Gasteiger partial charge is 0.308 e. The molecule has 0 spiro atoms. The summed E-state index contributed by atoms with van der Waals surface area (Å²) in [6.07, 6.45) is 0. The van der Waals surface area contributed by atoms with Crippen LogP contribution in [0.5, 0.6) is 0 Å². The lowest BCUT2D eigenvalue weighted by molar-refractivity contribution is 0.0967. The van der Waals surface area contributed by atoms with Crippen LogP contribution in [-0.2, 0) is 0 Å². The van der Waals surface area contributed by atoms with Gasteiger partial charge in [0.1, 0.15) is 0 Å². The van der Waals surface area contributed by atoms with Crippen LogP contribution in [0.1, 0.15) is 10.4 Å². The van der Waals surface area contributed by atoms with E-state index in [1.807, 2.05) is 36.4 Å². The standard InChI is InChI=1S/C20H13Cl3N2O2/c21-14-8-4-12(5-9-14)13-6-10-15(11-7-13)24-20(27)25-19(26)18-16(22)2-1-3-17(18)23/h1-11H,(H2,24,25,26,27). The number of rotatable bonds is 3. The average molecular weight is 420 g/mol. The minimum Gasteiger partial charge on any atom is -0.308 e. The summed E-state index contributed by atoms with van der Waals surface area (Å²) in [4.78, 5) is 24.3. The number of halogens is 3. The molecule has 0 heterocycles. The molecule has 3 amide bonds. The Hall–Kier alpha value is -2.53. The van der Waals surface area contributed by atoms with E-state index >= 15 is 0 Å². The highest BCUT2D eigenvalue weighted by atomic mass is 35.5. The molecule has 3 aromatic carbocycles. The lowest BCUT2D eigenvalue weighted by Gasteiger charge is -2.09. The molecule has 3 rings (SSSR count). The molecule has 0 fully saturated rings. The predicted octanol–water partition coefficient (Wildman–Crippen LogP) is 6.28. The fraction of sp³-hybridized carbons (Fsp3) is 0. The Kier molecular flexibility index (Phi) is 6.01. The summed E-state index contributed by atoms with van der Waals surface area (Å²) in [7, 11) is 0. The van der Waals surface area contributed by atoms with Crippen molar-refractivity contribution in [3.8, 4) is 11.1 Å². The van der Waals surface area contributed by atoms with Gasteiger partial charge in [0.05, 0.1) is 15.6 Å². The molecule has 0 aliphatic carbocycles. The van der Waals surface area contributed by atoms with Gasteiger partial charge in [-0.05, 0) is 47.5 Å². The predicted molar refractivity (Wildman–Crippen MR) is 110 cm³/mol. The maximum absolute atomic E-state index is 12.2. The summed E-state index contributed by atoms with van der Waals surface area (Å²) in [5.41, 5.74) is 2.55. The van der Waals surface area contributed by atoms with Crippen LogP contribution in [0.3, 0.4) is 0 Å². The van der Waals surface area contributed by atoms with E-state index in [0.29, 0.717) is 10.7 Å². The Bertz CT molecular complexity index is 967. The molecule has 0 bridgehead atoms. The Labute approximate surface area is 171 Å². The van der Waals surface area contributed by atoms with Crippen molar-refractivity contribution in [2.45, 2.75) is 0 Å². The Morgan fingerprint density at radius 2 is 1.22 bits per heavy atom. The van der Waals surface area contributed by atoms with Gasteiger partial charge in [-0.3, -0.25) is 10.1 Å². The van der Waals surface area contributed by atoms with Crippen molar-refractivity contribution in [1.29, 1.82) is 0 Å². The lowest BCUT2D eigenvalue weighted by Crippen LogP contribution is -2.34. The highest BCUT2D eigenvalue weighted by molar-refractivity contribution is 6.40. The minimum atomic E-state index is -0.685. The van der Waals surface area contributed by atoms with E-state index in [4.69, 9.17) is 34.8 Å². The number of nitrogens with one attached hydrogen (secondary N) is 2. The number of amides is 3. The molecular weight excluding hydrogens is 407 g/mol. The number of benzene rings is 3. The quantitative estimate of drug-likeness (QED) is 0.525. The Morgan fingerprint density at radius 1 is 0.704 bits per heavy atom. The summed E-state index contributed by atoms with van der Waals surface area (Å²) in [5, 5.41) is 5.79. The fourth-order valence-electron chi connectivity index (χ4n) is 2.43. The van der Waals surface area contributed by atoms with Gasteiger partial charge in [0, 0.05) is 10.7 Å². The minimum absolute atomic E-state index is 0.0501. The molecule has 0 aliphatic heterocycles. The second-order valence-corrected chi connectivity index (χ2v) is 6.84. The first kappa shape index (κ1) is 19.2. The fourth-order valence-corrected chi connectivity index (χ4v) is 3.13. The molecule has 27 heavy (non-hydrogen) atoms. The SMILES string of the molecule is O=C(NC(=O)c1c(Cl)cccc1Cl)Nc1ccc(-c2ccc(Cl)cc2)cc1. The van der Waals surface area contributed by atoms with E-state index in [2.05, 4.69) is 10.6 Å². The maximum atomic E-state index is 12.2. The Balaban J connectivity index is 1.66. The molecule has 4 nitrogen and oxygen atoms in total. The number of anilines is 1. The molecule has 0 aliphatic rings. The topological polar surface area (TPSA) is 58.2 Å². The van der Waals surface area contributed by atoms with E-state index in [-0.39, 0.29) is 15.6 Å². The van der Waals surface area contributed by atoms with Crippen molar-refractivity contribution in [3.05, 3.63) is 87.4 Å². The number of carbonyl (C=O) groups excluding carboxylic acids is 2. The number of imide groups is 1. The zero-order chi connectivity index (χ0) is 19.4. The van der Waals surface area contributed by atoms with Gasteiger partial charge in [0.2, 0.25) is 0 Å². The summed E-state index contributed by atoms with van der Waals surface area (Å²) in [6.45, 7) is 0. The number of urea groups is 1. The van der Waals surface area contributed by atoms with Crippen molar-refractivity contribution in [3.63, 3.8) is 0 Å². The maximum Gasteiger partial charge on any atom is 0.326 e. The van der Waals surface area contributed by atoms with Crippen molar-refractivity contribution in [1.82, 2.24) is 5.32 Å². The van der Waals surface area contributed by atoms with Crippen LogP contribution >= 0.6 is 34.8 Å². The van der Waals surface area contributed by atoms with Crippen LogP contribution in [0.15, 0.2) is 66.7 Å². The normalized spacial score (nSPS) is 10.3. The second-order valence-electron chi connectivity index (χ2n) is 5.59. The van der Waals surface area contributed by atoms with Gasteiger partial charge in [-0.1, -0.05) is 65.1 Å². The highest BCUT2D eigenvalue weighted by Crippen LogP contribution is 2.25. The first-order valence-electron chi connectivity index (χ1n) is 7.86. The molecule has 3 aromatic rings. The monoisotopic (exact) mass is 418 g/mol. The van der Waals surface area contributed by atoms with Crippen LogP contribution in [0, 0.1) is 0 Å². The number of hydrogen-bond donors (Lipinski definition) is 2. The van der Waals surface area contributed by atoms with E-state index in [1.54, 1.807) is 18.2 Å². The molecule has 136 valence electrons. The summed E-state index contributed by atoms with van der Waals surface area (Å²) in [6, 6.07) is 18.6. The van der Waals surface area contributed by atoms with Gasteiger partial charge < -0.3 is 5.32 Å². The summed E-state index contributed by atoms with van der Waals surface area (Å²) >= 11 is 17.8. The largest absolute Gasteiger partial charge is 0.326 e. The molecule has 7 heteroatoms. The van der Waals surface area contributed by atoms with E-state index < -0.39 is 11.9 Å². The van der Waals surface area contributed by atoms with Gasteiger partial charge in [0.25, 0.3) is 5.91 Å². The van der Waals surface area contributed by atoms with Crippen LogP contribution < -0.4 is 10.6 Å². The van der Waals surface area contributed by atoms with Crippen LogP contribution in [0.4, 0.5) is 10.5 Å². The third-order valence-corrected chi connectivity index (χ3v) is 4.62. The first-order chi connectivity index (χ1) is 12.9. The average Bonchev–Trinajstić information content (AvgIpc) is 2.63. The van der Waals surface area contributed by atoms with Crippen molar-refractivity contribution >= 4 is 52.4 Å². The van der Waals surface area contributed by atoms with E-state index in [1.165, 1.54) is 12.1 Å². The molecule has 0 radical (unpaired) electrons. The van der Waals surface area contributed by atoms with Crippen LogP contribution in [-0.4, -0.2) is 11.9 Å². The summed E-state index contributed by atoms with van der Waals surface area (Å²) in [5.74, 6) is -0.680. The van der Waals surface area contributed by atoms with Gasteiger partial charge >= 0.3 is 6.03 Å². The van der Waals surface area contributed by atoms with Gasteiger partial charge in [-0.2, -0.15) is 0 Å². The van der Waals surface area contributed by atoms with Gasteiger partial charge in [0.15, 0.2) is 0 Å². The number of hydrogen-bond acceptors (Lipinski definition) is 2. The number of carbonyl (C=O) groups is 2. The van der Waals surface area contributed by atoms with Crippen molar-refractivity contribution < 1.29 is 9.59 Å². The molecule has 0 aromatic heterocycles. The molecule has 0 atom stereocenters. The molecule has 0 saturated carbocycles. The second kappa shape index (κ2) is 8.44. The van der Waals surface area contributed by atoms with Crippen LogP contribution in [0.2, 0.25) is 15.1 Å². The van der Waals surface area contributed by atoms with E-state index in [9.17, 15) is 9.59 Å². The third-order valence-electron chi connectivity index (χ3n) is 3.74. The zero-order valence-corrected chi connectivity index (χ0v) is 16.1. The van der Waals surface area contributed by atoms with Crippen molar-refractivity contribution in [2.24, 2.45) is 0 Å². The van der Waals surface area contributed by atoms with Gasteiger partial charge in [-0.15, -0.1) is 0 Å². The first-order valence-corrected chi connectivity index (χ1v) is 9.00. The molecule has 0 saturated heterocycles. The molecular formula is C20H13Cl3N2O2. The summed E-state index contributed by atoms with van der Waals surface area (Å²) < 4.78 is 0. The van der Waals surface area contributed by atoms with Gasteiger partial charge in [-0.25, -0.2) is 4.79 Å². The van der Waals surface area contributed by atoms with E-state index in [0.717, 1.165) is 11.1 Å². The van der Waals surface area contributed by atoms with Crippen molar-refractivity contribution in [2.75, 3.05) is 5.32 Å². The molecule has 2 N–H and O–H groups in total. The van der Waals surface area contributed by atoms with Crippen LogP contribution in [0.25, 0.3) is 11.1 Å². The molecule has 0 unspecified atom stereocenters. The third kappa shape index (κ3) is 4.80. The lowest BCUT2D eigenvalue weighted by atomic mass is 10.1. The highest BCUT2D eigenvalue weighted by Gasteiger charge is 2.17. The zero-order valence-electron chi connectivity index (χ0n) is 13.8. The Morgan fingerprint density at radius 3 is 1.78 bits per heavy atom.